The van der Waals surface area contributed by atoms with Crippen LogP contribution in [0.5, 0.6) is 0 Å². The van der Waals surface area contributed by atoms with Gasteiger partial charge in [0.25, 0.3) is 0 Å². The Morgan fingerprint density at radius 1 is 1.36 bits per heavy atom. The van der Waals surface area contributed by atoms with Crippen LogP contribution in [0, 0.1) is 5.41 Å². The normalized spacial score (nSPS) is 10.5. The van der Waals surface area contributed by atoms with Gasteiger partial charge in [-0.3, -0.25) is 0 Å². The lowest BCUT2D eigenvalue weighted by molar-refractivity contribution is -0.153. The number of esters is 2. The third-order valence-electron chi connectivity index (χ3n) is 1.39. The van der Waals surface area contributed by atoms with Crippen LogP contribution in [-0.4, -0.2) is 11.9 Å². The van der Waals surface area contributed by atoms with Gasteiger partial charge in [-0.15, -0.1) is 0 Å². The average Bonchev–Trinajstić information content (AvgIpc) is 2.00. The lowest BCUT2D eigenvalue weighted by atomic mass is 9.88. The van der Waals surface area contributed by atoms with E-state index in [4.69, 9.17) is 0 Å². The molecule has 14 heavy (non-hydrogen) atoms. The smallest absolute Gasteiger partial charge is 0.341 e. The largest absolute Gasteiger partial charge is 0.386 e. The summed E-state index contributed by atoms with van der Waals surface area (Å²) >= 11 is 0. The highest BCUT2D eigenvalue weighted by molar-refractivity contribution is 5.98. The number of ether oxygens (including phenoxy) is 1. The van der Waals surface area contributed by atoms with Crippen LogP contribution in [0.1, 0.15) is 27.2 Å². The Morgan fingerprint density at radius 3 is 2.21 bits per heavy atom. The van der Waals surface area contributed by atoms with Crippen molar-refractivity contribution in [1.29, 1.82) is 0 Å². The quantitative estimate of drug-likeness (QED) is 0.395. The van der Waals surface area contributed by atoms with Gasteiger partial charge in [0, 0.05) is 11.6 Å². The van der Waals surface area contributed by atoms with E-state index in [0.717, 1.165) is 6.08 Å². The number of carbonyl (C=O) groups is 2. The van der Waals surface area contributed by atoms with E-state index in [-0.39, 0.29) is 5.41 Å². The van der Waals surface area contributed by atoms with Crippen LogP contribution in [0.3, 0.4) is 0 Å². The highest BCUT2D eigenvalue weighted by Crippen LogP contribution is 2.23. The summed E-state index contributed by atoms with van der Waals surface area (Å²) in [7, 11) is 0. The number of rotatable bonds is 3. The maximum atomic E-state index is 11.2. The molecule has 0 rings (SSSR count). The molecular weight excluding hydrogens is 180 g/mol. The highest BCUT2D eigenvalue weighted by Gasteiger charge is 2.18. The van der Waals surface area contributed by atoms with Crippen molar-refractivity contribution >= 4 is 11.9 Å². The first-order valence-electron chi connectivity index (χ1n) is 4.32. The van der Waals surface area contributed by atoms with E-state index < -0.39 is 11.9 Å². The van der Waals surface area contributed by atoms with Gasteiger partial charge < -0.3 is 4.74 Å². The van der Waals surface area contributed by atoms with Crippen molar-refractivity contribution in [3.63, 3.8) is 0 Å². The molecule has 0 aromatic carbocycles. The first-order valence-corrected chi connectivity index (χ1v) is 4.32. The van der Waals surface area contributed by atoms with E-state index in [1.807, 2.05) is 20.8 Å². The minimum Gasteiger partial charge on any atom is -0.386 e. The Morgan fingerprint density at radius 2 is 1.86 bits per heavy atom. The minimum absolute atomic E-state index is 0.0483. The molecular formula is C11H16O3. The predicted molar refractivity (Wildman–Crippen MR) is 54.5 cm³/mol. The van der Waals surface area contributed by atoms with Crippen LogP contribution in [0.2, 0.25) is 0 Å². The second kappa shape index (κ2) is 4.74. The van der Waals surface area contributed by atoms with Crippen LogP contribution in [0.4, 0.5) is 0 Å². The van der Waals surface area contributed by atoms with Crippen molar-refractivity contribution in [2.75, 3.05) is 0 Å². The second-order valence-corrected chi connectivity index (χ2v) is 4.25. The average molecular weight is 196 g/mol. The van der Waals surface area contributed by atoms with Crippen LogP contribution in [0.15, 0.2) is 24.8 Å². The van der Waals surface area contributed by atoms with E-state index in [2.05, 4.69) is 17.9 Å². The molecule has 0 atom stereocenters. The molecule has 0 radical (unpaired) electrons. The molecule has 0 aromatic heterocycles. The fraction of sp³-hybridized carbons (Fsp3) is 0.455. The molecule has 0 spiro atoms. The molecule has 3 nitrogen and oxygen atoms in total. The van der Waals surface area contributed by atoms with Crippen LogP contribution >= 0.6 is 0 Å². The molecule has 0 aliphatic rings. The molecule has 0 bridgehead atoms. The molecule has 3 heteroatoms. The Balaban J connectivity index is 4.21. The fourth-order valence-electron chi connectivity index (χ4n) is 0.918. The molecule has 0 saturated heterocycles. The molecule has 0 heterocycles. The molecule has 78 valence electrons. The Labute approximate surface area is 84.4 Å². The van der Waals surface area contributed by atoms with Gasteiger partial charge in [-0.2, -0.15) is 0 Å². The summed E-state index contributed by atoms with van der Waals surface area (Å²) in [5, 5.41) is 0. The number of hydrogen-bond acceptors (Lipinski definition) is 3. The zero-order valence-corrected chi connectivity index (χ0v) is 8.92. The van der Waals surface area contributed by atoms with Crippen LogP contribution in [0.25, 0.3) is 0 Å². The van der Waals surface area contributed by atoms with Gasteiger partial charge in [0.1, 0.15) is 0 Å². The predicted octanol–water partition coefficient (Wildman–Crippen LogP) is 2.23. The summed E-state index contributed by atoms with van der Waals surface area (Å²) in [4.78, 5) is 21.9. The summed E-state index contributed by atoms with van der Waals surface area (Å²) in [5.74, 6) is -1.42. The van der Waals surface area contributed by atoms with E-state index >= 15 is 0 Å². The third kappa shape index (κ3) is 5.30. The van der Waals surface area contributed by atoms with E-state index in [9.17, 15) is 9.59 Å². The highest BCUT2D eigenvalue weighted by atomic mass is 16.6. The molecule has 0 aliphatic carbocycles. The Bertz CT molecular complexity index is 269. The summed E-state index contributed by atoms with van der Waals surface area (Å²) < 4.78 is 4.41. The van der Waals surface area contributed by atoms with Crippen LogP contribution < -0.4 is 0 Å². The molecule has 0 aromatic rings. The second-order valence-electron chi connectivity index (χ2n) is 4.25. The monoisotopic (exact) mass is 196 g/mol. The Hall–Kier alpha value is -1.38. The van der Waals surface area contributed by atoms with Crippen molar-refractivity contribution in [3.8, 4) is 0 Å². The van der Waals surface area contributed by atoms with Gasteiger partial charge in [0.05, 0.1) is 0 Å². The van der Waals surface area contributed by atoms with Crippen molar-refractivity contribution in [2.24, 2.45) is 5.41 Å². The standard InChI is InChI=1S/C11H16O3/c1-6-9(12)14-10(13)8(2)7-11(3,4)5/h6H,1-2,7H2,3-5H3. The van der Waals surface area contributed by atoms with E-state index in [1.54, 1.807) is 0 Å². The van der Waals surface area contributed by atoms with Gasteiger partial charge in [-0.25, -0.2) is 9.59 Å². The molecule has 0 aliphatic heterocycles. The summed E-state index contributed by atoms with van der Waals surface area (Å²) in [6.07, 6.45) is 1.44. The fourth-order valence-corrected chi connectivity index (χ4v) is 0.918. The lowest BCUT2D eigenvalue weighted by Gasteiger charge is -2.18. The molecule has 0 N–H and O–H groups in total. The zero-order valence-electron chi connectivity index (χ0n) is 8.92. The van der Waals surface area contributed by atoms with Gasteiger partial charge in [0.2, 0.25) is 0 Å². The van der Waals surface area contributed by atoms with Gasteiger partial charge in [-0.1, -0.05) is 33.9 Å². The topological polar surface area (TPSA) is 43.4 Å². The molecule has 0 fully saturated rings. The zero-order chi connectivity index (χ0) is 11.4. The van der Waals surface area contributed by atoms with E-state index in [0.29, 0.717) is 12.0 Å². The van der Waals surface area contributed by atoms with E-state index in [1.165, 1.54) is 0 Å². The first kappa shape index (κ1) is 12.6. The summed E-state index contributed by atoms with van der Waals surface area (Å²) in [5.41, 5.74) is 0.251. The Kier molecular flexibility index (Phi) is 4.28. The minimum atomic E-state index is -0.745. The molecule has 0 amide bonds. The van der Waals surface area contributed by atoms with Crippen molar-refractivity contribution < 1.29 is 14.3 Å². The first-order chi connectivity index (χ1) is 6.26. The molecule has 0 unspecified atom stereocenters. The lowest BCUT2D eigenvalue weighted by Crippen LogP contribution is -2.16. The van der Waals surface area contributed by atoms with Gasteiger partial charge in [-0.05, 0) is 11.8 Å². The van der Waals surface area contributed by atoms with Gasteiger partial charge in [0.15, 0.2) is 0 Å². The van der Waals surface area contributed by atoms with Crippen molar-refractivity contribution in [2.45, 2.75) is 27.2 Å². The SMILES string of the molecule is C=CC(=O)OC(=O)C(=C)CC(C)(C)C. The third-order valence-corrected chi connectivity index (χ3v) is 1.39. The summed E-state index contributed by atoms with van der Waals surface area (Å²) in [6, 6.07) is 0. The van der Waals surface area contributed by atoms with Crippen LogP contribution in [-0.2, 0) is 14.3 Å². The van der Waals surface area contributed by atoms with Crippen molar-refractivity contribution in [1.82, 2.24) is 0 Å². The van der Waals surface area contributed by atoms with Gasteiger partial charge >= 0.3 is 11.9 Å². The van der Waals surface area contributed by atoms with Crippen molar-refractivity contribution in [3.05, 3.63) is 24.8 Å². The summed E-state index contributed by atoms with van der Waals surface area (Å²) in [6.45, 7) is 12.7. The number of hydrogen-bond donors (Lipinski definition) is 0. The maximum Gasteiger partial charge on any atom is 0.341 e. The molecule has 0 saturated carbocycles. The maximum absolute atomic E-state index is 11.2. The number of carbonyl (C=O) groups excluding carboxylic acids is 2.